The lowest BCUT2D eigenvalue weighted by Crippen LogP contribution is -2.44. The van der Waals surface area contributed by atoms with Crippen LogP contribution in [0.25, 0.3) is 0 Å². The normalized spacial score (nSPS) is 33.4. The first-order valence-electron chi connectivity index (χ1n) is 5.65. The van der Waals surface area contributed by atoms with E-state index in [0.717, 1.165) is 13.1 Å². The predicted octanol–water partition coefficient (Wildman–Crippen LogP) is -0.615. The van der Waals surface area contributed by atoms with Crippen molar-refractivity contribution in [1.82, 2.24) is 10.2 Å². The van der Waals surface area contributed by atoms with Crippen LogP contribution in [-0.4, -0.2) is 73.1 Å². The van der Waals surface area contributed by atoms with Gasteiger partial charge in [-0.05, 0) is 0 Å². The van der Waals surface area contributed by atoms with Gasteiger partial charge in [0, 0.05) is 37.7 Å². The molecule has 0 aliphatic carbocycles. The molecule has 0 aromatic carbocycles. The van der Waals surface area contributed by atoms with Gasteiger partial charge in [-0.2, -0.15) is 11.8 Å². The van der Waals surface area contributed by atoms with Gasteiger partial charge in [-0.15, -0.1) is 0 Å². The minimum absolute atomic E-state index is 0.143. The largest absolute Gasteiger partial charge is 0.389 e. The summed E-state index contributed by atoms with van der Waals surface area (Å²) in [5.41, 5.74) is 0. The number of aliphatic hydroxyl groups excluding tert-OH is 1. The van der Waals surface area contributed by atoms with E-state index in [1.165, 1.54) is 24.6 Å². The first kappa shape index (κ1) is 11.7. The monoisotopic (exact) mass is 232 g/mol. The van der Waals surface area contributed by atoms with E-state index in [9.17, 15) is 5.11 Å². The number of rotatable bonds is 4. The quantitative estimate of drug-likeness (QED) is 0.677. The summed E-state index contributed by atoms with van der Waals surface area (Å²) in [6.07, 6.45) is -0.318. The Balaban J connectivity index is 1.57. The van der Waals surface area contributed by atoms with E-state index in [1.54, 1.807) is 0 Å². The second kappa shape index (κ2) is 6.06. The van der Waals surface area contributed by atoms with Gasteiger partial charge in [0.05, 0.1) is 25.4 Å². The van der Waals surface area contributed by atoms with Crippen molar-refractivity contribution in [3.8, 4) is 0 Å². The number of nitrogens with zero attached hydrogens (tertiary/aromatic N) is 1. The molecule has 0 bridgehead atoms. The van der Waals surface area contributed by atoms with Gasteiger partial charge in [0.15, 0.2) is 0 Å². The standard InChI is InChI=1S/C10H20N2O2S/c13-10-8-14-7-9(10)11-1-2-12-3-5-15-6-4-12/h9-11,13H,1-8H2. The Hall–Kier alpha value is 0.190. The highest BCUT2D eigenvalue weighted by atomic mass is 32.2. The van der Waals surface area contributed by atoms with Crippen LogP contribution in [-0.2, 0) is 4.74 Å². The van der Waals surface area contributed by atoms with Crippen molar-refractivity contribution in [3.63, 3.8) is 0 Å². The highest BCUT2D eigenvalue weighted by Crippen LogP contribution is 2.08. The van der Waals surface area contributed by atoms with E-state index in [0.29, 0.717) is 13.2 Å². The van der Waals surface area contributed by atoms with Crippen LogP contribution in [0.2, 0.25) is 0 Å². The van der Waals surface area contributed by atoms with Crippen LogP contribution < -0.4 is 5.32 Å². The second-order valence-corrected chi connectivity index (χ2v) is 5.34. The Morgan fingerprint density at radius 1 is 1.33 bits per heavy atom. The van der Waals surface area contributed by atoms with Crippen molar-refractivity contribution in [1.29, 1.82) is 0 Å². The average Bonchev–Trinajstić information content (AvgIpc) is 2.66. The van der Waals surface area contributed by atoms with E-state index in [2.05, 4.69) is 10.2 Å². The van der Waals surface area contributed by atoms with Crippen LogP contribution in [0.5, 0.6) is 0 Å². The Kier molecular flexibility index (Phi) is 4.71. The summed E-state index contributed by atoms with van der Waals surface area (Å²) in [6.45, 7) is 5.58. The van der Waals surface area contributed by atoms with Crippen LogP contribution in [0.15, 0.2) is 0 Å². The fraction of sp³-hybridized carbons (Fsp3) is 1.00. The topological polar surface area (TPSA) is 44.7 Å². The van der Waals surface area contributed by atoms with Gasteiger partial charge in [0.2, 0.25) is 0 Å². The Bertz CT molecular complexity index is 188. The lowest BCUT2D eigenvalue weighted by atomic mass is 10.2. The van der Waals surface area contributed by atoms with E-state index in [1.807, 2.05) is 11.8 Å². The molecule has 2 aliphatic heterocycles. The number of hydrogen-bond donors (Lipinski definition) is 2. The summed E-state index contributed by atoms with van der Waals surface area (Å²) in [4.78, 5) is 2.48. The van der Waals surface area contributed by atoms with Gasteiger partial charge < -0.3 is 20.1 Å². The summed E-state index contributed by atoms with van der Waals surface area (Å²) in [5, 5.41) is 12.9. The number of thioether (sulfide) groups is 1. The fourth-order valence-electron chi connectivity index (χ4n) is 1.97. The molecule has 2 fully saturated rings. The molecular weight excluding hydrogens is 212 g/mol. The third kappa shape index (κ3) is 3.60. The summed E-state index contributed by atoms with van der Waals surface area (Å²) in [7, 11) is 0. The van der Waals surface area contributed by atoms with Gasteiger partial charge in [0.25, 0.3) is 0 Å². The van der Waals surface area contributed by atoms with E-state index < -0.39 is 0 Å². The van der Waals surface area contributed by atoms with Crippen LogP contribution in [0.3, 0.4) is 0 Å². The third-order valence-corrected chi connectivity index (χ3v) is 3.93. The van der Waals surface area contributed by atoms with Gasteiger partial charge in [-0.1, -0.05) is 0 Å². The zero-order chi connectivity index (χ0) is 10.5. The summed E-state index contributed by atoms with van der Waals surface area (Å²) in [5.74, 6) is 2.52. The van der Waals surface area contributed by atoms with Crippen molar-refractivity contribution >= 4 is 11.8 Å². The minimum atomic E-state index is -0.318. The highest BCUT2D eigenvalue weighted by molar-refractivity contribution is 7.99. The summed E-state index contributed by atoms with van der Waals surface area (Å²) < 4.78 is 5.18. The first-order chi connectivity index (χ1) is 7.36. The molecule has 5 heteroatoms. The maximum Gasteiger partial charge on any atom is 0.0948 e. The van der Waals surface area contributed by atoms with Crippen molar-refractivity contribution in [3.05, 3.63) is 0 Å². The second-order valence-electron chi connectivity index (χ2n) is 4.12. The molecule has 0 aromatic heterocycles. The van der Waals surface area contributed by atoms with E-state index in [-0.39, 0.29) is 12.1 Å². The summed E-state index contributed by atoms with van der Waals surface area (Å²) in [6, 6.07) is 0.143. The van der Waals surface area contributed by atoms with Crippen LogP contribution in [0, 0.1) is 0 Å². The highest BCUT2D eigenvalue weighted by Gasteiger charge is 2.25. The molecular formula is C10H20N2O2S. The molecule has 0 amide bonds. The Labute approximate surface area is 95.4 Å². The van der Waals surface area contributed by atoms with Gasteiger partial charge in [-0.25, -0.2) is 0 Å². The smallest absolute Gasteiger partial charge is 0.0948 e. The number of ether oxygens (including phenoxy) is 1. The summed E-state index contributed by atoms with van der Waals surface area (Å²) >= 11 is 2.04. The molecule has 0 saturated carbocycles. The molecule has 2 rings (SSSR count). The molecule has 2 atom stereocenters. The van der Waals surface area contributed by atoms with Crippen LogP contribution in [0.4, 0.5) is 0 Å². The SMILES string of the molecule is OC1COCC1NCCN1CCSCC1. The Morgan fingerprint density at radius 3 is 2.80 bits per heavy atom. The molecule has 2 unspecified atom stereocenters. The molecule has 4 nitrogen and oxygen atoms in total. The number of hydrogen-bond acceptors (Lipinski definition) is 5. The van der Waals surface area contributed by atoms with E-state index in [4.69, 9.17) is 4.74 Å². The minimum Gasteiger partial charge on any atom is -0.389 e. The molecule has 2 N–H and O–H groups in total. The molecule has 2 heterocycles. The lowest BCUT2D eigenvalue weighted by molar-refractivity contribution is 0.122. The third-order valence-electron chi connectivity index (χ3n) is 2.99. The molecule has 2 saturated heterocycles. The Morgan fingerprint density at radius 2 is 2.13 bits per heavy atom. The zero-order valence-electron chi connectivity index (χ0n) is 9.02. The first-order valence-corrected chi connectivity index (χ1v) is 6.81. The van der Waals surface area contributed by atoms with Crippen molar-refractivity contribution in [2.75, 3.05) is 50.9 Å². The molecule has 88 valence electrons. The van der Waals surface area contributed by atoms with Crippen LogP contribution in [0.1, 0.15) is 0 Å². The van der Waals surface area contributed by atoms with Crippen molar-refractivity contribution in [2.45, 2.75) is 12.1 Å². The van der Waals surface area contributed by atoms with Crippen molar-refractivity contribution < 1.29 is 9.84 Å². The van der Waals surface area contributed by atoms with Crippen molar-refractivity contribution in [2.24, 2.45) is 0 Å². The molecule has 15 heavy (non-hydrogen) atoms. The average molecular weight is 232 g/mol. The predicted molar refractivity (Wildman–Crippen MR) is 62.4 cm³/mol. The maximum atomic E-state index is 9.52. The van der Waals surface area contributed by atoms with Gasteiger partial charge in [0.1, 0.15) is 0 Å². The van der Waals surface area contributed by atoms with Gasteiger partial charge >= 0.3 is 0 Å². The van der Waals surface area contributed by atoms with E-state index >= 15 is 0 Å². The molecule has 2 aliphatic rings. The number of nitrogens with one attached hydrogen (secondary N) is 1. The lowest BCUT2D eigenvalue weighted by Gasteiger charge is -2.26. The fourth-order valence-corrected chi connectivity index (χ4v) is 2.95. The zero-order valence-corrected chi connectivity index (χ0v) is 9.84. The van der Waals surface area contributed by atoms with Gasteiger partial charge in [-0.3, -0.25) is 0 Å². The molecule has 0 spiro atoms. The number of aliphatic hydroxyl groups is 1. The van der Waals surface area contributed by atoms with Crippen LogP contribution >= 0.6 is 11.8 Å². The molecule has 0 aromatic rings. The maximum absolute atomic E-state index is 9.52. The molecule has 0 radical (unpaired) electrons.